The van der Waals surface area contributed by atoms with Gasteiger partial charge in [0.2, 0.25) is 0 Å². The molecule has 0 aromatic heterocycles. The number of ether oxygens (including phenoxy) is 1. The molecule has 3 heteroatoms. The minimum atomic E-state index is 0.566. The van der Waals surface area contributed by atoms with E-state index in [1.165, 1.54) is 5.56 Å². The number of alkyl halides is 1. The largest absolute Gasteiger partial charge is 0.496 e. The summed E-state index contributed by atoms with van der Waals surface area (Å²) in [4.78, 5) is 0.566. The Morgan fingerprint density at radius 1 is 1.38 bits per heavy atom. The van der Waals surface area contributed by atoms with Crippen molar-refractivity contribution in [2.24, 2.45) is 5.92 Å². The van der Waals surface area contributed by atoms with Crippen LogP contribution in [0.3, 0.4) is 0 Å². The molecule has 16 heavy (non-hydrogen) atoms. The normalized spacial score (nSPS) is 14.6. The van der Waals surface area contributed by atoms with Crippen molar-refractivity contribution in [1.29, 1.82) is 0 Å². The molecule has 0 heterocycles. The first-order valence-corrected chi connectivity index (χ1v) is 7.25. The van der Waals surface area contributed by atoms with Gasteiger partial charge < -0.3 is 4.74 Å². The average Bonchev–Trinajstić information content (AvgIpc) is 2.28. The zero-order chi connectivity index (χ0) is 12.1. The molecule has 0 aliphatic heterocycles. The molecule has 0 aliphatic carbocycles. The van der Waals surface area contributed by atoms with Gasteiger partial charge in [0.1, 0.15) is 5.75 Å². The van der Waals surface area contributed by atoms with E-state index in [0.29, 0.717) is 10.7 Å². The third kappa shape index (κ3) is 3.77. The summed E-state index contributed by atoms with van der Waals surface area (Å²) >= 11 is 7.21. The van der Waals surface area contributed by atoms with Crippen LogP contribution in [0.1, 0.15) is 25.8 Å². The van der Waals surface area contributed by atoms with Crippen LogP contribution in [0.2, 0.25) is 0 Å². The lowest BCUT2D eigenvalue weighted by molar-refractivity contribution is 0.404. The predicted octanol–water partition coefficient (Wildman–Crippen LogP) is 4.81. The van der Waals surface area contributed by atoms with Gasteiger partial charge in [-0.2, -0.15) is 0 Å². The first-order chi connectivity index (χ1) is 7.58. The minimum Gasteiger partial charge on any atom is -0.496 e. The number of methoxy groups -OCH3 is 1. The molecule has 1 nitrogen and oxygen atoms in total. The number of hydrogen-bond acceptors (Lipinski definition) is 1. The van der Waals surface area contributed by atoms with Gasteiger partial charge in [0, 0.05) is 9.30 Å². The molecule has 1 aromatic rings. The summed E-state index contributed by atoms with van der Waals surface area (Å²) < 4.78 is 6.49. The summed E-state index contributed by atoms with van der Waals surface area (Å²) in [6, 6.07) is 6.17. The van der Waals surface area contributed by atoms with Gasteiger partial charge in [0.15, 0.2) is 0 Å². The molecule has 0 aliphatic rings. The Morgan fingerprint density at radius 2 is 2.06 bits per heavy atom. The van der Waals surface area contributed by atoms with Crippen LogP contribution >= 0.6 is 31.9 Å². The summed E-state index contributed by atoms with van der Waals surface area (Å²) in [5, 5.41) is 0. The van der Waals surface area contributed by atoms with E-state index in [1.54, 1.807) is 7.11 Å². The molecule has 0 N–H and O–H groups in total. The highest BCUT2D eigenvalue weighted by Gasteiger charge is 2.15. The van der Waals surface area contributed by atoms with Crippen molar-refractivity contribution in [2.45, 2.75) is 31.5 Å². The van der Waals surface area contributed by atoms with E-state index in [0.717, 1.165) is 23.1 Å². The Bertz CT molecular complexity index is 339. The van der Waals surface area contributed by atoms with Crippen LogP contribution < -0.4 is 4.74 Å². The number of benzene rings is 1. The third-order valence-electron chi connectivity index (χ3n) is 2.79. The predicted molar refractivity (Wildman–Crippen MR) is 76.6 cm³/mol. The van der Waals surface area contributed by atoms with Gasteiger partial charge in [-0.25, -0.2) is 0 Å². The lowest BCUT2D eigenvalue weighted by Crippen LogP contribution is -2.13. The zero-order valence-electron chi connectivity index (χ0n) is 9.97. The second kappa shape index (κ2) is 6.65. The van der Waals surface area contributed by atoms with Crippen molar-refractivity contribution in [3.63, 3.8) is 0 Å². The van der Waals surface area contributed by atoms with E-state index in [9.17, 15) is 0 Å². The van der Waals surface area contributed by atoms with Crippen molar-refractivity contribution < 1.29 is 4.74 Å². The quantitative estimate of drug-likeness (QED) is 0.693. The molecule has 2 unspecified atom stereocenters. The van der Waals surface area contributed by atoms with E-state index >= 15 is 0 Å². The van der Waals surface area contributed by atoms with Crippen LogP contribution in [0.5, 0.6) is 5.75 Å². The summed E-state index contributed by atoms with van der Waals surface area (Å²) in [7, 11) is 1.73. The number of hydrogen-bond donors (Lipinski definition) is 0. The van der Waals surface area contributed by atoms with Crippen molar-refractivity contribution in [3.8, 4) is 5.75 Å². The maximum atomic E-state index is 5.38. The van der Waals surface area contributed by atoms with Crippen LogP contribution in [0, 0.1) is 5.92 Å². The van der Waals surface area contributed by atoms with Crippen LogP contribution in [-0.2, 0) is 6.42 Å². The molecule has 90 valence electrons. The van der Waals surface area contributed by atoms with Crippen molar-refractivity contribution in [1.82, 2.24) is 0 Å². The molecule has 0 spiro atoms. The monoisotopic (exact) mass is 348 g/mol. The van der Waals surface area contributed by atoms with Gasteiger partial charge >= 0.3 is 0 Å². The maximum absolute atomic E-state index is 5.38. The Kier molecular flexibility index (Phi) is 5.84. The molecule has 1 aromatic carbocycles. The number of rotatable bonds is 5. The molecule has 0 saturated carbocycles. The zero-order valence-corrected chi connectivity index (χ0v) is 13.1. The molecular formula is C13H18Br2O. The average molecular weight is 350 g/mol. The smallest absolute Gasteiger partial charge is 0.122 e. The van der Waals surface area contributed by atoms with Crippen LogP contribution in [0.15, 0.2) is 22.7 Å². The summed E-state index contributed by atoms with van der Waals surface area (Å²) in [5.74, 6) is 1.58. The highest BCUT2D eigenvalue weighted by atomic mass is 79.9. The first-order valence-electron chi connectivity index (χ1n) is 5.55. The maximum Gasteiger partial charge on any atom is 0.122 e. The highest BCUT2D eigenvalue weighted by molar-refractivity contribution is 9.10. The molecule has 0 saturated heterocycles. The van der Waals surface area contributed by atoms with Gasteiger partial charge in [-0.3, -0.25) is 0 Å². The summed E-state index contributed by atoms with van der Waals surface area (Å²) in [6.07, 6.45) is 2.18. The molecule has 1 rings (SSSR count). The first kappa shape index (κ1) is 14.0. The van der Waals surface area contributed by atoms with Crippen LogP contribution in [0.25, 0.3) is 0 Å². The molecule has 0 bridgehead atoms. The molecule has 0 amide bonds. The van der Waals surface area contributed by atoms with Crippen molar-refractivity contribution >= 4 is 31.9 Å². The van der Waals surface area contributed by atoms with E-state index in [1.807, 2.05) is 12.1 Å². The van der Waals surface area contributed by atoms with Gasteiger partial charge in [0.05, 0.1) is 7.11 Å². The fraction of sp³-hybridized carbons (Fsp3) is 0.538. The lowest BCUT2D eigenvalue weighted by atomic mass is 9.96. The summed E-state index contributed by atoms with van der Waals surface area (Å²) in [6.45, 7) is 4.47. The van der Waals surface area contributed by atoms with E-state index in [2.05, 4.69) is 51.8 Å². The molecule has 2 atom stereocenters. The second-order valence-electron chi connectivity index (χ2n) is 4.06. The van der Waals surface area contributed by atoms with Gasteiger partial charge in [-0.15, -0.1) is 0 Å². The molecule has 0 fully saturated rings. The standard InChI is InChI=1S/C13H18Br2O/c1-4-12(15)9(2)7-10-8-11(14)5-6-13(10)16-3/h5-6,8-9,12H,4,7H2,1-3H3. The van der Waals surface area contributed by atoms with Gasteiger partial charge in [-0.1, -0.05) is 45.7 Å². The number of halogens is 2. The third-order valence-corrected chi connectivity index (χ3v) is 4.84. The van der Waals surface area contributed by atoms with Crippen molar-refractivity contribution in [3.05, 3.63) is 28.2 Å². The van der Waals surface area contributed by atoms with Crippen LogP contribution in [0.4, 0.5) is 0 Å². The summed E-state index contributed by atoms with van der Waals surface area (Å²) in [5.41, 5.74) is 1.27. The topological polar surface area (TPSA) is 9.23 Å². The Balaban J connectivity index is 2.82. The Labute approximate surface area is 115 Å². The Hall–Kier alpha value is -0.0200. The van der Waals surface area contributed by atoms with Crippen LogP contribution in [-0.4, -0.2) is 11.9 Å². The SMILES string of the molecule is CCC(Br)C(C)Cc1cc(Br)ccc1OC. The second-order valence-corrected chi connectivity index (χ2v) is 6.15. The highest BCUT2D eigenvalue weighted by Crippen LogP contribution is 2.28. The fourth-order valence-electron chi connectivity index (χ4n) is 1.78. The Morgan fingerprint density at radius 3 is 2.62 bits per heavy atom. The van der Waals surface area contributed by atoms with E-state index in [4.69, 9.17) is 4.74 Å². The molecule has 0 radical (unpaired) electrons. The molecular weight excluding hydrogens is 332 g/mol. The van der Waals surface area contributed by atoms with E-state index in [-0.39, 0.29) is 0 Å². The lowest BCUT2D eigenvalue weighted by Gasteiger charge is -2.18. The van der Waals surface area contributed by atoms with Crippen molar-refractivity contribution in [2.75, 3.05) is 7.11 Å². The minimum absolute atomic E-state index is 0.566. The van der Waals surface area contributed by atoms with E-state index < -0.39 is 0 Å². The van der Waals surface area contributed by atoms with Gasteiger partial charge in [0.25, 0.3) is 0 Å². The van der Waals surface area contributed by atoms with Gasteiger partial charge in [-0.05, 0) is 42.5 Å². The fourth-order valence-corrected chi connectivity index (χ4v) is 2.38.